The molecule has 0 saturated heterocycles. The van der Waals surface area contributed by atoms with Crippen LogP contribution in [0, 0.1) is 0 Å². The smallest absolute Gasteiger partial charge is 0.251 e. The Labute approximate surface area is 95.2 Å². The minimum Gasteiger partial charge on any atom is -0.497 e. The van der Waals surface area contributed by atoms with Gasteiger partial charge in [0.1, 0.15) is 5.75 Å². The first-order chi connectivity index (χ1) is 7.67. The molecule has 0 aromatic heterocycles. The third kappa shape index (κ3) is 3.55. The predicted molar refractivity (Wildman–Crippen MR) is 61.6 cm³/mol. The van der Waals surface area contributed by atoms with E-state index < -0.39 is 6.10 Å². The molecule has 1 atom stereocenters. The summed E-state index contributed by atoms with van der Waals surface area (Å²) in [6.45, 7) is 2.14. The fourth-order valence-electron chi connectivity index (χ4n) is 1.20. The molecule has 0 fully saturated rings. The number of methoxy groups -OCH3 is 1. The van der Waals surface area contributed by atoms with Gasteiger partial charge in [-0.2, -0.15) is 0 Å². The van der Waals surface area contributed by atoms with E-state index in [0.29, 0.717) is 17.7 Å². The first-order valence-electron chi connectivity index (χ1n) is 5.27. The second kappa shape index (κ2) is 6.12. The summed E-state index contributed by atoms with van der Waals surface area (Å²) in [4.78, 5) is 11.6. The standard InChI is InChI=1S/C12H17NO3/c1-3-10(14)8-13-12(15)9-4-6-11(16-2)7-5-9/h4-7,10,14H,3,8H2,1-2H3,(H,13,15). The fourth-order valence-corrected chi connectivity index (χ4v) is 1.20. The van der Waals surface area contributed by atoms with Crippen molar-refractivity contribution in [3.05, 3.63) is 29.8 Å². The van der Waals surface area contributed by atoms with E-state index >= 15 is 0 Å². The number of ether oxygens (including phenoxy) is 1. The van der Waals surface area contributed by atoms with Crippen LogP contribution in [-0.2, 0) is 0 Å². The lowest BCUT2D eigenvalue weighted by Crippen LogP contribution is -2.31. The summed E-state index contributed by atoms with van der Waals surface area (Å²) in [5, 5.41) is 12.0. The van der Waals surface area contributed by atoms with Gasteiger partial charge in [0.15, 0.2) is 0 Å². The van der Waals surface area contributed by atoms with Crippen molar-refractivity contribution in [3.8, 4) is 5.75 Å². The molecule has 88 valence electrons. The average Bonchev–Trinajstić information content (AvgIpc) is 2.35. The SMILES string of the molecule is CCC(O)CNC(=O)c1ccc(OC)cc1. The molecule has 2 N–H and O–H groups in total. The molecule has 0 radical (unpaired) electrons. The Morgan fingerprint density at radius 2 is 2.06 bits per heavy atom. The molecule has 1 rings (SSSR count). The van der Waals surface area contributed by atoms with Crippen LogP contribution in [0.5, 0.6) is 5.75 Å². The number of nitrogens with one attached hydrogen (secondary N) is 1. The Hall–Kier alpha value is -1.55. The van der Waals surface area contributed by atoms with Crippen LogP contribution in [-0.4, -0.2) is 30.8 Å². The number of amides is 1. The van der Waals surface area contributed by atoms with Crippen LogP contribution in [0.25, 0.3) is 0 Å². The molecule has 1 amide bonds. The predicted octanol–water partition coefficient (Wildman–Crippen LogP) is 1.20. The lowest BCUT2D eigenvalue weighted by Gasteiger charge is -2.09. The number of benzene rings is 1. The first-order valence-corrected chi connectivity index (χ1v) is 5.27. The summed E-state index contributed by atoms with van der Waals surface area (Å²) >= 11 is 0. The zero-order chi connectivity index (χ0) is 12.0. The Balaban J connectivity index is 2.52. The van der Waals surface area contributed by atoms with E-state index in [0.717, 1.165) is 0 Å². The lowest BCUT2D eigenvalue weighted by molar-refractivity contribution is 0.0914. The molecular weight excluding hydrogens is 206 g/mol. The maximum atomic E-state index is 11.6. The van der Waals surface area contributed by atoms with Crippen molar-refractivity contribution in [2.75, 3.05) is 13.7 Å². The normalized spacial score (nSPS) is 11.9. The molecule has 0 bridgehead atoms. The van der Waals surface area contributed by atoms with Crippen molar-refractivity contribution >= 4 is 5.91 Å². The molecule has 0 aliphatic carbocycles. The maximum Gasteiger partial charge on any atom is 0.251 e. The molecule has 0 aliphatic heterocycles. The van der Waals surface area contributed by atoms with Crippen LogP contribution >= 0.6 is 0 Å². The first kappa shape index (κ1) is 12.5. The second-order valence-electron chi connectivity index (χ2n) is 3.50. The van der Waals surface area contributed by atoms with Crippen molar-refractivity contribution in [3.63, 3.8) is 0 Å². The minimum atomic E-state index is -0.484. The number of hydrogen-bond acceptors (Lipinski definition) is 3. The van der Waals surface area contributed by atoms with Gasteiger partial charge in [0.05, 0.1) is 13.2 Å². The minimum absolute atomic E-state index is 0.185. The Morgan fingerprint density at radius 3 is 2.56 bits per heavy atom. The third-order valence-corrected chi connectivity index (χ3v) is 2.32. The fraction of sp³-hybridized carbons (Fsp3) is 0.417. The van der Waals surface area contributed by atoms with Gasteiger partial charge in [0.25, 0.3) is 5.91 Å². The molecule has 1 unspecified atom stereocenters. The van der Waals surface area contributed by atoms with Gasteiger partial charge in [-0.3, -0.25) is 4.79 Å². The van der Waals surface area contributed by atoms with Crippen LogP contribution in [0.3, 0.4) is 0 Å². The highest BCUT2D eigenvalue weighted by Crippen LogP contribution is 2.10. The van der Waals surface area contributed by atoms with Crippen molar-refractivity contribution in [1.82, 2.24) is 5.32 Å². The van der Waals surface area contributed by atoms with Crippen molar-refractivity contribution in [2.45, 2.75) is 19.4 Å². The van der Waals surface area contributed by atoms with Crippen LogP contribution < -0.4 is 10.1 Å². The summed E-state index contributed by atoms with van der Waals surface area (Å²) in [6, 6.07) is 6.83. The van der Waals surface area contributed by atoms with Crippen LogP contribution in [0.1, 0.15) is 23.7 Å². The Bertz CT molecular complexity index is 335. The molecule has 1 aromatic carbocycles. The van der Waals surface area contributed by atoms with Gasteiger partial charge in [0, 0.05) is 12.1 Å². The monoisotopic (exact) mass is 223 g/mol. The van der Waals surface area contributed by atoms with Gasteiger partial charge in [-0.15, -0.1) is 0 Å². The molecule has 16 heavy (non-hydrogen) atoms. The van der Waals surface area contributed by atoms with Gasteiger partial charge < -0.3 is 15.2 Å². The number of carbonyl (C=O) groups is 1. The molecule has 4 heteroatoms. The number of aliphatic hydroxyl groups excluding tert-OH is 1. The summed E-state index contributed by atoms with van der Waals surface area (Å²) < 4.78 is 4.99. The van der Waals surface area contributed by atoms with E-state index in [9.17, 15) is 9.90 Å². The summed E-state index contributed by atoms with van der Waals surface area (Å²) in [5.41, 5.74) is 0.559. The highest BCUT2D eigenvalue weighted by atomic mass is 16.5. The maximum absolute atomic E-state index is 11.6. The summed E-state index contributed by atoms with van der Waals surface area (Å²) in [7, 11) is 1.58. The molecule has 0 aliphatic rings. The number of rotatable bonds is 5. The van der Waals surface area contributed by atoms with Crippen molar-refractivity contribution in [1.29, 1.82) is 0 Å². The van der Waals surface area contributed by atoms with Crippen molar-refractivity contribution < 1.29 is 14.6 Å². The second-order valence-corrected chi connectivity index (χ2v) is 3.50. The Morgan fingerprint density at radius 1 is 1.44 bits per heavy atom. The van der Waals surface area contributed by atoms with Gasteiger partial charge in [-0.05, 0) is 30.7 Å². The highest BCUT2D eigenvalue weighted by molar-refractivity contribution is 5.94. The van der Waals surface area contributed by atoms with Gasteiger partial charge in [-0.1, -0.05) is 6.92 Å². The molecular formula is C12H17NO3. The van der Waals surface area contributed by atoms with E-state index in [-0.39, 0.29) is 12.5 Å². The third-order valence-electron chi connectivity index (χ3n) is 2.32. The van der Waals surface area contributed by atoms with E-state index in [4.69, 9.17) is 4.74 Å². The topological polar surface area (TPSA) is 58.6 Å². The van der Waals surface area contributed by atoms with Gasteiger partial charge in [-0.25, -0.2) is 0 Å². The zero-order valence-corrected chi connectivity index (χ0v) is 9.56. The highest BCUT2D eigenvalue weighted by Gasteiger charge is 2.07. The molecule has 0 heterocycles. The van der Waals surface area contributed by atoms with Crippen LogP contribution in [0.4, 0.5) is 0 Å². The summed E-state index contributed by atoms with van der Waals surface area (Å²) in [6.07, 6.45) is 0.144. The van der Waals surface area contributed by atoms with Crippen LogP contribution in [0.2, 0.25) is 0 Å². The zero-order valence-electron chi connectivity index (χ0n) is 9.56. The number of carbonyl (C=O) groups excluding carboxylic acids is 1. The quantitative estimate of drug-likeness (QED) is 0.788. The largest absolute Gasteiger partial charge is 0.497 e. The average molecular weight is 223 g/mol. The molecule has 4 nitrogen and oxygen atoms in total. The number of aliphatic hydroxyl groups is 1. The van der Waals surface area contributed by atoms with E-state index in [1.807, 2.05) is 6.92 Å². The van der Waals surface area contributed by atoms with E-state index in [1.165, 1.54) is 0 Å². The van der Waals surface area contributed by atoms with E-state index in [2.05, 4.69) is 5.32 Å². The van der Waals surface area contributed by atoms with Gasteiger partial charge in [0.2, 0.25) is 0 Å². The van der Waals surface area contributed by atoms with E-state index in [1.54, 1.807) is 31.4 Å². The molecule has 0 spiro atoms. The van der Waals surface area contributed by atoms with Gasteiger partial charge >= 0.3 is 0 Å². The lowest BCUT2D eigenvalue weighted by atomic mass is 10.2. The van der Waals surface area contributed by atoms with Crippen molar-refractivity contribution in [2.24, 2.45) is 0 Å². The number of hydrogen-bond donors (Lipinski definition) is 2. The molecule has 0 saturated carbocycles. The van der Waals surface area contributed by atoms with Crippen LogP contribution in [0.15, 0.2) is 24.3 Å². The molecule has 1 aromatic rings. The summed E-state index contributed by atoms with van der Waals surface area (Å²) in [5.74, 6) is 0.528. The Kier molecular flexibility index (Phi) is 4.79.